The lowest BCUT2D eigenvalue weighted by Gasteiger charge is -2.32. The van der Waals surface area contributed by atoms with E-state index in [1.165, 1.54) is 0 Å². The normalized spacial score (nSPS) is 20.4. The summed E-state index contributed by atoms with van der Waals surface area (Å²) in [6.45, 7) is 5.76. The molecule has 2 aromatic rings. The molecule has 0 bridgehead atoms. The highest BCUT2D eigenvalue weighted by Crippen LogP contribution is 2.21. The second-order valence-electron chi connectivity index (χ2n) is 5.36. The van der Waals surface area contributed by atoms with E-state index in [9.17, 15) is 0 Å². The van der Waals surface area contributed by atoms with Gasteiger partial charge in [-0.3, -0.25) is 4.90 Å². The Morgan fingerprint density at radius 1 is 1.40 bits per heavy atom. The Labute approximate surface area is 119 Å². The first-order chi connectivity index (χ1) is 9.76. The number of nitrogens with two attached hydrogens (primary N) is 1. The summed E-state index contributed by atoms with van der Waals surface area (Å²) in [5.41, 5.74) is 8.17. The van der Waals surface area contributed by atoms with Crippen LogP contribution in [0.15, 0.2) is 30.3 Å². The molecule has 4 nitrogen and oxygen atoms in total. The largest absolute Gasteiger partial charge is 0.383 e. The molecular formula is C16H21N3O. The number of nitrogen functional groups attached to an aromatic ring is 1. The van der Waals surface area contributed by atoms with Gasteiger partial charge in [-0.05, 0) is 18.6 Å². The minimum atomic E-state index is 0.346. The van der Waals surface area contributed by atoms with Crippen molar-refractivity contribution >= 4 is 16.7 Å². The molecule has 1 unspecified atom stereocenters. The Morgan fingerprint density at radius 2 is 2.25 bits per heavy atom. The first-order valence-electron chi connectivity index (χ1n) is 7.24. The lowest BCUT2D eigenvalue weighted by Crippen LogP contribution is -2.41. The molecule has 0 spiro atoms. The van der Waals surface area contributed by atoms with Gasteiger partial charge < -0.3 is 10.5 Å². The van der Waals surface area contributed by atoms with Crippen LogP contribution in [0.5, 0.6) is 0 Å². The predicted octanol–water partition coefficient (Wildman–Crippen LogP) is 2.43. The van der Waals surface area contributed by atoms with Gasteiger partial charge in [0.15, 0.2) is 0 Å². The maximum Gasteiger partial charge on any atom is 0.128 e. The molecule has 1 aromatic carbocycles. The predicted molar refractivity (Wildman–Crippen MR) is 81.5 cm³/mol. The fraction of sp³-hybridized carbons (Fsp3) is 0.438. The van der Waals surface area contributed by atoms with E-state index < -0.39 is 0 Å². The van der Waals surface area contributed by atoms with Crippen LogP contribution >= 0.6 is 0 Å². The first-order valence-corrected chi connectivity index (χ1v) is 7.24. The molecule has 2 heterocycles. The molecule has 106 valence electrons. The molecule has 3 rings (SSSR count). The van der Waals surface area contributed by atoms with Gasteiger partial charge in [0.05, 0.1) is 18.2 Å². The van der Waals surface area contributed by atoms with E-state index >= 15 is 0 Å². The molecule has 0 amide bonds. The third-order valence-corrected chi connectivity index (χ3v) is 3.91. The van der Waals surface area contributed by atoms with Gasteiger partial charge in [0, 0.05) is 30.6 Å². The van der Waals surface area contributed by atoms with Crippen LogP contribution in [0.2, 0.25) is 0 Å². The summed E-state index contributed by atoms with van der Waals surface area (Å²) < 4.78 is 5.71. The van der Waals surface area contributed by atoms with Crippen LogP contribution in [0.1, 0.15) is 18.9 Å². The summed E-state index contributed by atoms with van der Waals surface area (Å²) >= 11 is 0. The molecule has 1 aliphatic rings. The van der Waals surface area contributed by atoms with E-state index in [1.54, 1.807) is 0 Å². The van der Waals surface area contributed by atoms with E-state index in [1.807, 2.05) is 18.2 Å². The second-order valence-corrected chi connectivity index (χ2v) is 5.36. The van der Waals surface area contributed by atoms with Crippen molar-refractivity contribution in [1.82, 2.24) is 9.88 Å². The van der Waals surface area contributed by atoms with Gasteiger partial charge in [0.1, 0.15) is 5.82 Å². The monoisotopic (exact) mass is 271 g/mol. The minimum absolute atomic E-state index is 0.346. The number of aromatic nitrogens is 1. The summed E-state index contributed by atoms with van der Waals surface area (Å²) in [7, 11) is 0. The van der Waals surface area contributed by atoms with Crippen molar-refractivity contribution in [2.75, 3.05) is 25.4 Å². The number of fused-ring (bicyclic) bond motifs is 1. The molecular weight excluding hydrogens is 250 g/mol. The summed E-state index contributed by atoms with van der Waals surface area (Å²) in [6, 6.07) is 10.3. The van der Waals surface area contributed by atoms with Crippen molar-refractivity contribution in [3.63, 3.8) is 0 Å². The SMILES string of the molecule is CCC1CN(Cc2cc3ccccc3nc2N)CCO1. The number of ether oxygens (including phenoxy) is 1. The summed E-state index contributed by atoms with van der Waals surface area (Å²) in [5.74, 6) is 0.642. The first kappa shape index (κ1) is 13.3. The highest BCUT2D eigenvalue weighted by Gasteiger charge is 2.19. The van der Waals surface area contributed by atoms with Crippen molar-refractivity contribution in [2.24, 2.45) is 0 Å². The molecule has 1 aromatic heterocycles. The number of morpholine rings is 1. The Hall–Kier alpha value is -1.65. The van der Waals surface area contributed by atoms with Crippen LogP contribution in [-0.4, -0.2) is 35.7 Å². The molecule has 2 N–H and O–H groups in total. The lowest BCUT2D eigenvalue weighted by atomic mass is 10.1. The molecule has 0 aliphatic carbocycles. The topological polar surface area (TPSA) is 51.4 Å². The molecule has 1 atom stereocenters. The zero-order valence-corrected chi connectivity index (χ0v) is 11.9. The van der Waals surface area contributed by atoms with E-state index in [4.69, 9.17) is 10.5 Å². The smallest absolute Gasteiger partial charge is 0.128 e. The summed E-state index contributed by atoms with van der Waals surface area (Å²) in [6.07, 6.45) is 1.40. The van der Waals surface area contributed by atoms with Crippen molar-refractivity contribution in [3.05, 3.63) is 35.9 Å². The molecule has 1 fully saturated rings. The van der Waals surface area contributed by atoms with Crippen LogP contribution in [0.4, 0.5) is 5.82 Å². The molecule has 0 saturated carbocycles. The standard InChI is InChI=1S/C16H21N3O/c1-2-14-11-19(7-8-20-14)10-13-9-12-5-3-4-6-15(12)18-16(13)17/h3-6,9,14H,2,7-8,10-11H2,1H3,(H2,17,18). The van der Waals surface area contributed by atoms with E-state index in [0.717, 1.165) is 49.1 Å². The fourth-order valence-electron chi connectivity index (χ4n) is 2.71. The van der Waals surface area contributed by atoms with Crippen LogP contribution in [0.3, 0.4) is 0 Å². The van der Waals surface area contributed by atoms with Crippen molar-refractivity contribution in [3.8, 4) is 0 Å². The maximum absolute atomic E-state index is 6.10. The quantitative estimate of drug-likeness (QED) is 0.931. The van der Waals surface area contributed by atoms with Crippen molar-refractivity contribution < 1.29 is 4.74 Å². The number of anilines is 1. The van der Waals surface area contributed by atoms with Crippen LogP contribution in [-0.2, 0) is 11.3 Å². The minimum Gasteiger partial charge on any atom is -0.383 e. The van der Waals surface area contributed by atoms with Gasteiger partial charge in [0.2, 0.25) is 0 Å². The Bertz CT molecular complexity index is 599. The molecule has 4 heteroatoms. The van der Waals surface area contributed by atoms with Gasteiger partial charge in [-0.2, -0.15) is 0 Å². The van der Waals surface area contributed by atoms with Gasteiger partial charge >= 0.3 is 0 Å². The van der Waals surface area contributed by atoms with Gasteiger partial charge in [-0.1, -0.05) is 25.1 Å². The van der Waals surface area contributed by atoms with Crippen molar-refractivity contribution in [2.45, 2.75) is 26.0 Å². The number of benzene rings is 1. The van der Waals surface area contributed by atoms with E-state index in [0.29, 0.717) is 11.9 Å². The number of hydrogen-bond acceptors (Lipinski definition) is 4. The van der Waals surface area contributed by atoms with Crippen LogP contribution in [0.25, 0.3) is 10.9 Å². The number of rotatable bonds is 3. The van der Waals surface area contributed by atoms with Gasteiger partial charge in [0.25, 0.3) is 0 Å². The van der Waals surface area contributed by atoms with Crippen LogP contribution in [0, 0.1) is 0 Å². The molecule has 1 saturated heterocycles. The number of hydrogen-bond donors (Lipinski definition) is 1. The number of para-hydroxylation sites is 1. The summed E-state index contributed by atoms with van der Waals surface area (Å²) in [5, 5.41) is 1.15. The highest BCUT2D eigenvalue weighted by molar-refractivity contribution is 5.81. The second kappa shape index (κ2) is 5.77. The average Bonchev–Trinajstić information content (AvgIpc) is 2.48. The van der Waals surface area contributed by atoms with Gasteiger partial charge in [-0.15, -0.1) is 0 Å². The molecule has 0 radical (unpaired) electrons. The Balaban J connectivity index is 1.81. The average molecular weight is 271 g/mol. The highest BCUT2D eigenvalue weighted by atomic mass is 16.5. The summed E-state index contributed by atoms with van der Waals surface area (Å²) in [4.78, 5) is 6.90. The zero-order chi connectivity index (χ0) is 13.9. The van der Waals surface area contributed by atoms with Crippen molar-refractivity contribution in [1.29, 1.82) is 0 Å². The number of nitrogens with zero attached hydrogens (tertiary/aromatic N) is 2. The molecule has 20 heavy (non-hydrogen) atoms. The van der Waals surface area contributed by atoms with Crippen LogP contribution < -0.4 is 5.73 Å². The third-order valence-electron chi connectivity index (χ3n) is 3.91. The fourth-order valence-corrected chi connectivity index (χ4v) is 2.71. The Morgan fingerprint density at radius 3 is 3.10 bits per heavy atom. The van der Waals surface area contributed by atoms with E-state index in [-0.39, 0.29) is 0 Å². The zero-order valence-electron chi connectivity index (χ0n) is 11.9. The third kappa shape index (κ3) is 2.76. The molecule has 1 aliphatic heterocycles. The van der Waals surface area contributed by atoms with Gasteiger partial charge in [-0.25, -0.2) is 4.98 Å². The lowest BCUT2D eigenvalue weighted by molar-refractivity contribution is -0.0324. The van der Waals surface area contributed by atoms with E-state index in [2.05, 4.69) is 28.9 Å². The Kier molecular flexibility index (Phi) is 3.85. The number of pyridine rings is 1. The maximum atomic E-state index is 6.10.